The normalized spacial score (nSPS) is 19.6. The van der Waals surface area contributed by atoms with Gasteiger partial charge >= 0.3 is 6.03 Å². The minimum absolute atomic E-state index is 0.0263. The molecule has 184 valence electrons. The van der Waals surface area contributed by atoms with Crippen molar-refractivity contribution < 1.29 is 19.2 Å². The van der Waals surface area contributed by atoms with Gasteiger partial charge in [0.05, 0.1) is 23.9 Å². The Balaban J connectivity index is 1.34. The zero-order valence-electron chi connectivity index (χ0n) is 20.0. The number of urea groups is 1. The van der Waals surface area contributed by atoms with Crippen LogP contribution in [-0.2, 0) is 6.42 Å². The van der Waals surface area contributed by atoms with Crippen molar-refractivity contribution in [2.75, 3.05) is 18.8 Å². The minimum atomic E-state index is -0.446. The first-order valence-electron chi connectivity index (χ1n) is 12.1. The SMILES string of the molecule is CC(C)Oc1ccc(-c2nc(-c3cccc4c3CC[C@@H]4NC(=O)N3CCC[C@@H](O)C3)no2)cc1N. The van der Waals surface area contributed by atoms with Crippen molar-refractivity contribution in [2.24, 2.45) is 0 Å². The second kappa shape index (κ2) is 9.58. The van der Waals surface area contributed by atoms with E-state index in [1.54, 1.807) is 11.0 Å². The van der Waals surface area contributed by atoms with E-state index in [1.807, 2.05) is 44.2 Å². The molecule has 1 fully saturated rings. The molecule has 0 unspecified atom stereocenters. The number of nitrogen functional groups attached to an aromatic ring is 1. The number of aromatic nitrogens is 2. The number of likely N-dealkylation sites (tertiary alicyclic amines) is 1. The molecule has 9 nitrogen and oxygen atoms in total. The molecule has 4 N–H and O–H groups in total. The van der Waals surface area contributed by atoms with Crippen LogP contribution in [0.5, 0.6) is 5.75 Å². The molecular formula is C26H31N5O4. The third-order valence-corrected chi connectivity index (χ3v) is 6.54. The van der Waals surface area contributed by atoms with Crippen molar-refractivity contribution in [3.63, 3.8) is 0 Å². The standard InChI is InChI=1S/C26H31N5O4/c1-15(2)34-23-11-8-16(13-21(23)27)25-29-24(30-35-25)20-7-3-6-19-18(20)9-10-22(19)28-26(33)31-12-4-5-17(32)14-31/h3,6-8,11,13,15,17,22,32H,4-5,9-10,12,14,27H2,1-2H3,(H,28,33)/t17-,22+/m1/s1. The third kappa shape index (κ3) is 4.81. The maximum absolute atomic E-state index is 12.8. The van der Waals surface area contributed by atoms with Gasteiger partial charge in [0.25, 0.3) is 5.89 Å². The number of aliphatic hydroxyl groups excluding tert-OH is 1. The van der Waals surface area contributed by atoms with Crippen LogP contribution in [0, 0.1) is 0 Å². The van der Waals surface area contributed by atoms with Gasteiger partial charge in [0.15, 0.2) is 0 Å². The number of hydrogen-bond donors (Lipinski definition) is 3. The second-order valence-electron chi connectivity index (χ2n) is 9.50. The number of anilines is 1. The van der Waals surface area contributed by atoms with Gasteiger partial charge in [-0.3, -0.25) is 0 Å². The van der Waals surface area contributed by atoms with Gasteiger partial charge in [-0.2, -0.15) is 4.98 Å². The molecule has 1 aliphatic carbocycles. The van der Waals surface area contributed by atoms with Gasteiger partial charge in [-0.05, 0) is 68.9 Å². The summed E-state index contributed by atoms with van der Waals surface area (Å²) in [4.78, 5) is 19.1. The number of rotatable bonds is 5. The van der Waals surface area contributed by atoms with Crippen molar-refractivity contribution in [1.82, 2.24) is 20.4 Å². The lowest BCUT2D eigenvalue weighted by molar-refractivity contribution is 0.0833. The number of aliphatic hydroxyl groups is 1. The van der Waals surface area contributed by atoms with Crippen LogP contribution in [0.4, 0.5) is 10.5 Å². The Bertz CT molecular complexity index is 1220. The molecule has 2 atom stereocenters. The van der Waals surface area contributed by atoms with E-state index in [0.29, 0.717) is 36.2 Å². The Kier molecular flexibility index (Phi) is 6.34. The van der Waals surface area contributed by atoms with Crippen LogP contribution in [0.1, 0.15) is 50.3 Å². The van der Waals surface area contributed by atoms with E-state index in [4.69, 9.17) is 15.0 Å². The number of β-amino-alcohol motifs (C(OH)–C–C–N with tert-alkyl or cyclic N) is 1. The Morgan fingerprint density at radius 3 is 2.91 bits per heavy atom. The molecule has 9 heteroatoms. The number of nitrogens with zero attached hydrogens (tertiary/aromatic N) is 3. The van der Waals surface area contributed by atoms with Gasteiger partial charge in [0, 0.05) is 24.2 Å². The Morgan fingerprint density at radius 1 is 1.29 bits per heavy atom. The highest BCUT2D eigenvalue weighted by molar-refractivity contribution is 5.76. The first-order valence-corrected chi connectivity index (χ1v) is 12.1. The summed E-state index contributed by atoms with van der Waals surface area (Å²) in [5.74, 6) is 1.51. The molecule has 3 aromatic rings. The molecule has 1 aliphatic heterocycles. The lowest BCUT2D eigenvalue weighted by Crippen LogP contribution is -2.47. The average molecular weight is 478 g/mol. The first-order chi connectivity index (χ1) is 16.9. The molecule has 0 spiro atoms. The fourth-order valence-electron chi connectivity index (χ4n) is 4.89. The quantitative estimate of drug-likeness (QED) is 0.475. The largest absolute Gasteiger partial charge is 0.489 e. The lowest BCUT2D eigenvalue weighted by Gasteiger charge is -2.31. The molecule has 2 amide bonds. The number of carbonyl (C=O) groups is 1. The number of amides is 2. The number of carbonyl (C=O) groups excluding carboxylic acids is 1. The lowest BCUT2D eigenvalue weighted by atomic mass is 10.0. The number of hydrogen-bond acceptors (Lipinski definition) is 7. The fraction of sp³-hybridized carbons (Fsp3) is 0.423. The first kappa shape index (κ1) is 23.2. The Labute approximate surface area is 204 Å². The molecule has 2 heterocycles. The number of fused-ring (bicyclic) bond motifs is 1. The number of nitrogens with two attached hydrogens (primary N) is 1. The molecule has 2 aliphatic rings. The molecule has 5 rings (SSSR count). The molecule has 1 aromatic heterocycles. The van der Waals surface area contributed by atoms with E-state index in [2.05, 4.69) is 15.5 Å². The summed E-state index contributed by atoms with van der Waals surface area (Å²) in [5, 5.41) is 17.3. The maximum atomic E-state index is 12.8. The van der Waals surface area contributed by atoms with Crippen LogP contribution >= 0.6 is 0 Å². The highest BCUT2D eigenvalue weighted by Crippen LogP contribution is 2.38. The topological polar surface area (TPSA) is 127 Å². The monoisotopic (exact) mass is 477 g/mol. The average Bonchev–Trinajstić information content (AvgIpc) is 3.48. The summed E-state index contributed by atoms with van der Waals surface area (Å²) in [5.41, 5.74) is 10.5. The molecule has 0 bridgehead atoms. The van der Waals surface area contributed by atoms with E-state index < -0.39 is 6.10 Å². The van der Waals surface area contributed by atoms with Gasteiger partial charge in [0.2, 0.25) is 5.82 Å². The van der Waals surface area contributed by atoms with E-state index in [-0.39, 0.29) is 18.2 Å². The van der Waals surface area contributed by atoms with E-state index in [9.17, 15) is 9.90 Å². The fourth-order valence-corrected chi connectivity index (χ4v) is 4.89. The van der Waals surface area contributed by atoms with Gasteiger partial charge < -0.3 is 30.3 Å². The van der Waals surface area contributed by atoms with Crippen molar-refractivity contribution >= 4 is 11.7 Å². The van der Waals surface area contributed by atoms with Crippen LogP contribution in [0.25, 0.3) is 22.8 Å². The molecule has 35 heavy (non-hydrogen) atoms. The summed E-state index contributed by atoms with van der Waals surface area (Å²) in [6.07, 6.45) is 2.75. The number of piperidine rings is 1. The predicted molar refractivity (Wildman–Crippen MR) is 132 cm³/mol. The number of ether oxygens (including phenoxy) is 1. The Hall–Kier alpha value is -3.59. The van der Waals surface area contributed by atoms with E-state index in [1.165, 1.54) is 0 Å². The zero-order valence-corrected chi connectivity index (χ0v) is 20.0. The second-order valence-corrected chi connectivity index (χ2v) is 9.50. The highest BCUT2D eigenvalue weighted by Gasteiger charge is 2.30. The van der Waals surface area contributed by atoms with Crippen molar-refractivity contribution in [3.8, 4) is 28.6 Å². The smallest absolute Gasteiger partial charge is 0.317 e. The van der Waals surface area contributed by atoms with Crippen molar-refractivity contribution in [3.05, 3.63) is 47.5 Å². The van der Waals surface area contributed by atoms with Gasteiger partial charge in [-0.15, -0.1) is 0 Å². The van der Waals surface area contributed by atoms with E-state index >= 15 is 0 Å². The van der Waals surface area contributed by atoms with Gasteiger partial charge in [0.1, 0.15) is 5.75 Å². The van der Waals surface area contributed by atoms with Crippen LogP contribution in [-0.4, -0.2) is 51.5 Å². The summed E-state index contributed by atoms with van der Waals surface area (Å²) in [6, 6.07) is 11.2. The van der Waals surface area contributed by atoms with Crippen molar-refractivity contribution in [2.45, 2.75) is 57.8 Å². The minimum Gasteiger partial charge on any atom is -0.489 e. The molecular weight excluding hydrogens is 446 g/mol. The van der Waals surface area contributed by atoms with Crippen LogP contribution in [0.15, 0.2) is 40.9 Å². The highest BCUT2D eigenvalue weighted by atomic mass is 16.5. The number of nitrogens with one attached hydrogen (secondary N) is 1. The molecule has 0 radical (unpaired) electrons. The molecule has 1 saturated heterocycles. The molecule has 0 saturated carbocycles. The third-order valence-electron chi connectivity index (χ3n) is 6.54. The Morgan fingerprint density at radius 2 is 2.14 bits per heavy atom. The van der Waals surface area contributed by atoms with E-state index in [0.717, 1.165) is 47.9 Å². The predicted octanol–water partition coefficient (Wildman–Crippen LogP) is 3.93. The van der Waals surface area contributed by atoms with Crippen LogP contribution in [0.2, 0.25) is 0 Å². The van der Waals surface area contributed by atoms with Crippen LogP contribution in [0.3, 0.4) is 0 Å². The van der Waals surface area contributed by atoms with Crippen LogP contribution < -0.4 is 15.8 Å². The summed E-state index contributed by atoms with van der Waals surface area (Å²) < 4.78 is 11.3. The zero-order chi connectivity index (χ0) is 24.5. The summed E-state index contributed by atoms with van der Waals surface area (Å²) in [7, 11) is 0. The molecule has 2 aromatic carbocycles. The van der Waals surface area contributed by atoms with Gasteiger partial charge in [-0.1, -0.05) is 23.4 Å². The summed E-state index contributed by atoms with van der Waals surface area (Å²) >= 11 is 0. The maximum Gasteiger partial charge on any atom is 0.317 e. The van der Waals surface area contributed by atoms with Crippen molar-refractivity contribution in [1.29, 1.82) is 0 Å². The summed E-state index contributed by atoms with van der Waals surface area (Å²) in [6.45, 7) is 4.95. The van der Waals surface area contributed by atoms with Gasteiger partial charge in [-0.25, -0.2) is 4.79 Å². The number of benzene rings is 2.